The first-order valence-corrected chi connectivity index (χ1v) is 10.1. The van der Waals surface area contributed by atoms with Gasteiger partial charge in [-0.1, -0.05) is 12.1 Å². The third-order valence-corrected chi connectivity index (χ3v) is 5.18. The highest BCUT2D eigenvalue weighted by molar-refractivity contribution is 7.60. The van der Waals surface area contributed by atoms with E-state index < -0.39 is 24.6 Å². The monoisotopic (exact) mass is 415 g/mol. The minimum absolute atomic E-state index is 0.122. The van der Waals surface area contributed by atoms with Crippen LogP contribution in [0.15, 0.2) is 53.6 Å². The Balaban J connectivity index is 1.82. The molecule has 4 N–H and O–H groups in total. The fourth-order valence-electron chi connectivity index (χ4n) is 2.61. The second kappa shape index (κ2) is 7.67. The van der Waals surface area contributed by atoms with E-state index in [0.717, 1.165) is 6.20 Å². The molecular weight excluding hydrogens is 397 g/mol. The van der Waals surface area contributed by atoms with Gasteiger partial charge in [0, 0.05) is 12.4 Å². The molecule has 3 aromatic rings. The summed E-state index contributed by atoms with van der Waals surface area (Å²) in [4.78, 5) is 49.9. The number of benzene rings is 1. The second-order valence-corrected chi connectivity index (χ2v) is 8.36. The molecular formula is C18H18N5O5P. The molecule has 0 atom stereocenters. The van der Waals surface area contributed by atoms with Crippen molar-refractivity contribution in [3.8, 4) is 11.5 Å². The number of H-pyrrole nitrogens is 1. The Hall–Kier alpha value is -3.20. The van der Waals surface area contributed by atoms with Crippen LogP contribution in [-0.4, -0.2) is 35.9 Å². The minimum atomic E-state index is -4.35. The number of amides is 1. The summed E-state index contributed by atoms with van der Waals surface area (Å²) in [6.07, 6.45) is 2.64. The summed E-state index contributed by atoms with van der Waals surface area (Å²) in [6.45, 7) is 3.40. The molecule has 0 saturated heterocycles. The molecule has 150 valence electrons. The number of aromatic nitrogens is 4. The van der Waals surface area contributed by atoms with Gasteiger partial charge in [0.1, 0.15) is 11.3 Å². The van der Waals surface area contributed by atoms with Crippen molar-refractivity contribution >= 4 is 18.8 Å². The molecule has 0 aliphatic rings. The molecule has 10 nitrogen and oxygen atoms in total. The summed E-state index contributed by atoms with van der Waals surface area (Å²) in [5.74, 6) is -0.458. The van der Waals surface area contributed by atoms with Crippen molar-refractivity contribution in [2.75, 3.05) is 0 Å². The van der Waals surface area contributed by atoms with Crippen LogP contribution in [0.25, 0.3) is 11.5 Å². The van der Waals surface area contributed by atoms with Crippen molar-refractivity contribution in [2.24, 2.45) is 0 Å². The van der Waals surface area contributed by atoms with E-state index in [4.69, 9.17) is 0 Å². The van der Waals surface area contributed by atoms with Gasteiger partial charge >= 0.3 is 7.60 Å². The molecule has 0 bridgehead atoms. The quantitative estimate of drug-likeness (QED) is 0.443. The highest BCUT2D eigenvalue weighted by atomic mass is 31.2. The Kier molecular flexibility index (Phi) is 5.43. The fraction of sp³-hybridized carbons (Fsp3) is 0.167. The van der Waals surface area contributed by atoms with Gasteiger partial charge in [-0.2, -0.15) is 5.10 Å². The molecule has 3 rings (SSSR count). The Bertz CT molecular complexity index is 1140. The van der Waals surface area contributed by atoms with Gasteiger partial charge < -0.3 is 20.1 Å². The third-order valence-electron chi connectivity index (χ3n) is 4.21. The number of rotatable bonds is 5. The van der Waals surface area contributed by atoms with E-state index in [1.807, 2.05) is 0 Å². The summed E-state index contributed by atoms with van der Waals surface area (Å²) < 4.78 is 11.3. The summed E-state index contributed by atoms with van der Waals surface area (Å²) in [5, 5.41) is 10.2. The van der Waals surface area contributed by atoms with Gasteiger partial charge in [0.05, 0.1) is 10.8 Å². The van der Waals surface area contributed by atoms with E-state index in [1.165, 1.54) is 30.5 Å². The number of nitrogens with one attached hydrogen (secondary N) is 2. The predicted molar refractivity (Wildman–Crippen MR) is 104 cm³/mol. The fourth-order valence-corrected chi connectivity index (χ4v) is 3.15. The lowest BCUT2D eigenvalue weighted by Crippen LogP contribution is -2.43. The first kappa shape index (κ1) is 20.5. The lowest BCUT2D eigenvalue weighted by atomic mass is 9.94. The van der Waals surface area contributed by atoms with E-state index in [9.17, 15) is 23.9 Å². The smallest absolute Gasteiger partial charge is 0.343 e. The molecule has 1 amide bonds. The lowest BCUT2D eigenvalue weighted by Gasteiger charge is -2.27. The molecule has 0 unspecified atom stereocenters. The van der Waals surface area contributed by atoms with Crippen LogP contribution >= 0.6 is 7.60 Å². The first-order chi connectivity index (χ1) is 13.6. The topological polar surface area (TPSA) is 158 Å². The van der Waals surface area contributed by atoms with Gasteiger partial charge in [0.25, 0.3) is 11.5 Å². The van der Waals surface area contributed by atoms with E-state index in [0.29, 0.717) is 11.3 Å². The highest BCUT2D eigenvalue weighted by Crippen LogP contribution is 2.33. The van der Waals surface area contributed by atoms with Gasteiger partial charge in [-0.05, 0) is 43.7 Å². The maximum absolute atomic E-state index is 12.6. The van der Waals surface area contributed by atoms with Crippen molar-refractivity contribution in [3.05, 3.63) is 70.3 Å². The Morgan fingerprint density at radius 2 is 1.86 bits per heavy atom. The zero-order chi connectivity index (χ0) is 21.2. The summed E-state index contributed by atoms with van der Waals surface area (Å²) in [7, 11) is -4.35. The number of carbonyl (C=O) groups is 1. The predicted octanol–water partition coefficient (Wildman–Crippen LogP) is 0.695. The zero-order valence-electron chi connectivity index (χ0n) is 15.5. The number of nitrogens with zero attached hydrogens (tertiary/aromatic N) is 3. The van der Waals surface area contributed by atoms with Crippen LogP contribution in [0.2, 0.25) is 0 Å². The molecule has 0 aliphatic carbocycles. The molecule has 0 spiro atoms. The van der Waals surface area contributed by atoms with Crippen molar-refractivity contribution < 1.29 is 19.1 Å². The maximum Gasteiger partial charge on any atom is 0.356 e. The number of carbonyl (C=O) groups excluding carboxylic acids is 1. The second-order valence-electron chi connectivity index (χ2n) is 6.75. The largest absolute Gasteiger partial charge is 0.356 e. The molecule has 2 aromatic heterocycles. The van der Waals surface area contributed by atoms with E-state index in [-0.39, 0.29) is 16.7 Å². The van der Waals surface area contributed by atoms with Gasteiger partial charge in [-0.15, -0.1) is 5.10 Å². The maximum atomic E-state index is 12.6. The van der Waals surface area contributed by atoms with Crippen molar-refractivity contribution in [2.45, 2.75) is 19.4 Å². The SMILES string of the molecule is CC(C)(NC(=O)c1cnc(-c2cccnn2)[nH]c1=O)c1ccc(P(=O)(O)O)cc1. The Labute approximate surface area is 165 Å². The lowest BCUT2D eigenvalue weighted by molar-refractivity contribution is 0.0910. The van der Waals surface area contributed by atoms with Crippen LogP contribution in [0.4, 0.5) is 0 Å². The molecule has 0 fully saturated rings. The van der Waals surface area contributed by atoms with Crippen LogP contribution in [0.1, 0.15) is 29.8 Å². The van der Waals surface area contributed by atoms with E-state index in [2.05, 4.69) is 25.5 Å². The van der Waals surface area contributed by atoms with Gasteiger partial charge in [-0.25, -0.2) is 4.98 Å². The molecule has 0 saturated carbocycles. The highest BCUT2D eigenvalue weighted by Gasteiger charge is 2.26. The van der Waals surface area contributed by atoms with Crippen molar-refractivity contribution in [1.82, 2.24) is 25.5 Å². The van der Waals surface area contributed by atoms with E-state index >= 15 is 0 Å². The molecule has 2 heterocycles. The molecule has 1 aromatic carbocycles. The minimum Gasteiger partial charge on any atom is -0.343 e. The average molecular weight is 415 g/mol. The van der Waals surface area contributed by atoms with E-state index in [1.54, 1.807) is 26.0 Å². The number of hydrogen-bond donors (Lipinski definition) is 4. The zero-order valence-corrected chi connectivity index (χ0v) is 16.4. The van der Waals surface area contributed by atoms with Crippen LogP contribution in [-0.2, 0) is 10.1 Å². The van der Waals surface area contributed by atoms with Crippen molar-refractivity contribution in [3.63, 3.8) is 0 Å². The number of aromatic amines is 1. The third kappa shape index (κ3) is 4.62. The first-order valence-electron chi connectivity index (χ1n) is 8.44. The number of hydrogen-bond acceptors (Lipinski definition) is 6. The van der Waals surface area contributed by atoms with Crippen LogP contribution in [0.3, 0.4) is 0 Å². The standard InChI is InChI=1S/C18H18N5O5P/c1-18(2,11-5-7-12(8-6-11)29(26,27)28)22-17(25)13-10-19-15(21-16(13)24)14-4-3-9-20-23-14/h3-10H,1-2H3,(H,22,25)(H,19,21,24)(H2,26,27,28). The van der Waals surface area contributed by atoms with Crippen molar-refractivity contribution in [1.29, 1.82) is 0 Å². The van der Waals surface area contributed by atoms with Gasteiger partial charge in [0.2, 0.25) is 0 Å². The molecule has 29 heavy (non-hydrogen) atoms. The Morgan fingerprint density at radius 3 is 2.41 bits per heavy atom. The molecule has 11 heteroatoms. The molecule has 0 radical (unpaired) electrons. The van der Waals surface area contributed by atoms with Gasteiger partial charge in [0.15, 0.2) is 5.82 Å². The molecule has 0 aliphatic heterocycles. The summed E-state index contributed by atoms with van der Waals surface area (Å²) in [6, 6.07) is 8.88. The van der Waals surface area contributed by atoms with Gasteiger partial charge in [-0.3, -0.25) is 14.2 Å². The normalized spacial score (nSPS) is 11.9. The van der Waals surface area contributed by atoms with Crippen LogP contribution in [0, 0.1) is 0 Å². The summed E-state index contributed by atoms with van der Waals surface area (Å²) in [5.41, 5.74) is -0.769. The summed E-state index contributed by atoms with van der Waals surface area (Å²) >= 11 is 0. The Morgan fingerprint density at radius 1 is 1.17 bits per heavy atom. The van der Waals surface area contributed by atoms with Crippen LogP contribution < -0.4 is 16.2 Å². The van der Waals surface area contributed by atoms with Crippen LogP contribution in [0.5, 0.6) is 0 Å². The average Bonchev–Trinajstić information content (AvgIpc) is 2.67.